The Kier molecular flexibility index (Phi) is 6.50. The van der Waals surface area contributed by atoms with Crippen molar-refractivity contribution in [1.82, 2.24) is 15.2 Å². The molecule has 2 aromatic carbocycles. The van der Waals surface area contributed by atoms with Crippen molar-refractivity contribution in [3.63, 3.8) is 0 Å². The first kappa shape index (κ1) is 22.7. The molecule has 0 radical (unpaired) electrons. The number of carboxylic acid groups (broad SMARTS) is 1. The number of nitrogens with one attached hydrogen (secondary N) is 2. The van der Waals surface area contributed by atoms with Gasteiger partial charge in [-0.3, -0.25) is 14.6 Å². The van der Waals surface area contributed by atoms with Crippen LogP contribution in [0, 0.1) is 11.7 Å². The number of pyridine rings is 1. The van der Waals surface area contributed by atoms with Gasteiger partial charge in [0.15, 0.2) is 0 Å². The number of amides is 3. The molecule has 9 nitrogen and oxygen atoms in total. The molecule has 1 saturated carbocycles. The van der Waals surface area contributed by atoms with Crippen LogP contribution >= 0.6 is 0 Å². The van der Waals surface area contributed by atoms with Gasteiger partial charge in [-0.25, -0.2) is 9.18 Å². The lowest BCUT2D eigenvalue weighted by atomic mass is 10.1. The van der Waals surface area contributed by atoms with Gasteiger partial charge >= 0.3 is 6.09 Å². The Morgan fingerprint density at radius 3 is 2.50 bits per heavy atom. The van der Waals surface area contributed by atoms with Crippen molar-refractivity contribution in [2.75, 3.05) is 36.4 Å². The Morgan fingerprint density at radius 2 is 1.84 bits per heavy atom. The monoisotopic (exact) mass is 519 g/mol. The topological polar surface area (TPSA) is 115 Å². The highest BCUT2D eigenvalue weighted by atomic mass is 19.1. The van der Waals surface area contributed by atoms with E-state index in [1.54, 1.807) is 42.6 Å². The Bertz CT molecular complexity index is 1420. The largest absolute Gasteiger partial charge is 0.465 e. The quantitative estimate of drug-likeness (QED) is 0.439. The van der Waals surface area contributed by atoms with Crippen LogP contribution in [0.4, 0.5) is 20.6 Å². The lowest BCUT2D eigenvalue weighted by Crippen LogP contribution is -2.48. The number of piperazine rings is 1. The number of carbonyl (C=O) groups is 3. The fourth-order valence-electron chi connectivity index (χ4n) is 4.46. The summed E-state index contributed by atoms with van der Waals surface area (Å²) >= 11 is 0. The molecule has 1 saturated heterocycles. The average molecular weight is 520 g/mol. The molecular formula is C28H28FN5O4. The van der Waals surface area contributed by atoms with E-state index in [0.717, 1.165) is 11.8 Å². The van der Waals surface area contributed by atoms with E-state index in [-0.39, 0.29) is 23.7 Å². The van der Waals surface area contributed by atoms with E-state index in [1.165, 1.54) is 23.2 Å². The fourth-order valence-corrected chi connectivity index (χ4v) is 4.46. The second-order valence-corrected chi connectivity index (χ2v) is 9.19. The van der Waals surface area contributed by atoms with Crippen LogP contribution in [-0.4, -0.2) is 59.1 Å². The molecule has 1 aliphatic heterocycles. The van der Waals surface area contributed by atoms with Crippen molar-refractivity contribution in [3.05, 3.63) is 89.5 Å². The zero-order valence-electron chi connectivity index (χ0n) is 22.4. The number of carbonyl (C=O) groups excluding carboxylic acids is 2. The third-order valence-electron chi connectivity index (χ3n) is 6.71. The minimum Gasteiger partial charge on any atom is -0.465 e. The summed E-state index contributed by atoms with van der Waals surface area (Å²) in [5.41, 5.74) is 2.35. The Morgan fingerprint density at radius 1 is 1.08 bits per heavy atom. The van der Waals surface area contributed by atoms with Crippen LogP contribution in [0.5, 0.6) is 0 Å². The SMILES string of the molecule is [2H]C1([2H])C(C(=O)Nc2ccc(CNC(=O)c3ccc(N4CCN(C(=O)O)CC4)cc3)c(F)c2)C1c1cccnc1. The summed E-state index contributed by atoms with van der Waals surface area (Å²) in [5.74, 6) is -3.05. The number of halogens is 1. The maximum Gasteiger partial charge on any atom is 0.407 e. The van der Waals surface area contributed by atoms with Crippen molar-refractivity contribution in [1.29, 1.82) is 0 Å². The molecule has 3 aromatic rings. The normalized spacial score (nSPS) is 20.7. The fraction of sp³-hybridized carbons (Fsp3) is 0.286. The minimum atomic E-state index is -1.72. The van der Waals surface area contributed by atoms with Gasteiger partial charge in [-0.05, 0) is 60.3 Å². The molecule has 3 N–H and O–H groups in total. The van der Waals surface area contributed by atoms with Crippen LogP contribution in [0.15, 0.2) is 67.0 Å². The van der Waals surface area contributed by atoms with E-state index < -0.39 is 36.0 Å². The molecule has 196 valence electrons. The van der Waals surface area contributed by atoms with E-state index in [1.807, 2.05) is 4.90 Å². The van der Waals surface area contributed by atoms with E-state index in [4.69, 9.17) is 7.85 Å². The molecule has 2 unspecified atom stereocenters. The number of hydrogen-bond acceptors (Lipinski definition) is 5. The zero-order valence-corrected chi connectivity index (χ0v) is 20.4. The summed E-state index contributed by atoms with van der Waals surface area (Å²) < 4.78 is 31.1. The summed E-state index contributed by atoms with van der Waals surface area (Å²) in [5, 5.41) is 14.4. The second kappa shape index (κ2) is 10.9. The van der Waals surface area contributed by atoms with E-state index >= 15 is 0 Å². The van der Waals surface area contributed by atoms with Crippen LogP contribution < -0.4 is 15.5 Å². The number of rotatable bonds is 7. The van der Waals surface area contributed by atoms with Crippen LogP contribution in [0.1, 0.15) is 36.5 Å². The number of benzene rings is 2. The van der Waals surface area contributed by atoms with Gasteiger partial charge in [0.05, 0.1) is 0 Å². The van der Waals surface area contributed by atoms with Crippen LogP contribution in [0.25, 0.3) is 0 Å². The second-order valence-electron chi connectivity index (χ2n) is 9.19. The smallest absolute Gasteiger partial charge is 0.407 e. The number of anilines is 2. The van der Waals surface area contributed by atoms with Gasteiger partial charge in [0, 0.05) is 76.3 Å². The lowest BCUT2D eigenvalue weighted by Gasteiger charge is -2.34. The number of hydrogen-bond donors (Lipinski definition) is 3. The first-order chi connectivity index (χ1) is 19.1. The first-order valence-corrected chi connectivity index (χ1v) is 12.3. The van der Waals surface area contributed by atoms with Gasteiger partial charge in [-0.1, -0.05) is 12.1 Å². The predicted molar refractivity (Wildman–Crippen MR) is 140 cm³/mol. The molecule has 2 aliphatic rings. The minimum absolute atomic E-state index is 0.0634. The Labute approximate surface area is 222 Å². The molecule has 1 aliphatic carbocycles. The van der Waals surface area contributed by atoms with Gasteiger partial charge in [-0.2, -0.15) is 0 Å². The van der Waals surface area contributed by atoms with Gasteiger partial charge in [0.25, 0.3) is 5.91 Å². The average Bonchev–Trinajstić information content (AvgIpc) is 3.54. The molecule has 38 heavy (non-hydrogen) atoms. The molecule has 0 bridgehead atoms. The lowest BCUT2D eigenvalue weighted by molar-refractivity contribution is -0.117. The van der Waals surface area contributed by atoms with E-state index in [2.05, 4.69) is 15.6 Å². The number of aromatic nitrogens is 1. The van der Waals surface area contributed by atoms with Gasteiger partial charge in [0.2, 0.25) is 5.91 Å². The summed E-state index contributed by atoms with van der Waals surface area (Å²) in [4.78, 5) is 43.8. The highest BCUT2D eigenvalue weighted by molar-refractivity contribution is 5.95. The summed E-state index contributed by atoms with van der Waals surface area (Å²) in [6.07, 6.45) is 0.468. The third-order valence-corrected chi connectivity index (χ3v) is 6.71. The molecular weight excluding hydrogens is 489 g/mol. The molecule has 5 rings (SSSR count). The van der Waals surface area contributed by atoms with Crippen molar-refractivity contribution in [2.24, 2.45) is 5.92 Å². The maximum atomic E-state index is 14.8. The van der Waals surface area contributed by atoms with Crippen molar-refractivity contribution >= 4 is 29.3 Å². The number of nitrogens with zero attached hydrogens (tertiary/aromatic N) is 3. The standard InChI is InChI=1S/C28H28FN5O4/c29-25-14-21(32-27(36)24-15-23(24)19-2-1-9-30-16-19)6-3-20(25)17-31-26(35)18-4-7-22(8-5-18)33-10-12-34(13-11-33)28(37)38/h1-9,14,16,23-24H,10-13,15,17H2,(H,31,35)(H,32,36)(H,37,38)/i15D2. The van der Waals surface area contributed by atoms with Crippen LogP contribution in [0.3, 0.4) is 0 Å². The van der Waals surface area contributed by atoms with Crippen molar-refractivity contribution in [3.8, 4) is 0 Å². The summed E-state index contributed by atoms with van der Waals surface area (Å²) in [7, 11) is 0. The van der Waals surface area contributed by atoms with Gasteiger partial charge in [-0.15, -0.1) is 0 Å². The van der Waals surface area contributed by atoms with Crippen molar-refractivity contribution in [2.45, 2.75) is 18.8 Å². The van der Waals surface area contributed by atoms with E-state index in [9.17, 15) is 18.8 Å². The zero-order chi connectivity index (χ0) is 28.4. The molecule has 2 atom stereocenters. The van der Waals surface area contributed by atoms with Crippen molar-refractivity contribution < 1.29 is 26.6 Å². The Balaban J connectivity index is 1.14. The van der Waals surface area contributed by atoms with Crippen LogP contribution in [0.2, 0.25) is 0 Å². The van der Waals surface area contributed by atoms with Crippen LogP contribution in [-0.2, 0) is 11.3 Å². The highest BCUT2D eigenvalue weighted by Gasteiger charge is 2.44. The van der Waals surface area contributed by atoms with Gasteiger partial charge in [0.1, 0.15) is 5.82 Å². The molecule has 1 aromatic heterocycles. The highest BCUT2D eigenvalue weighted by Crippen LogP contribution is 2.47. The molecule has 0 spiro atoms. The summed E-state index contributed by atoms with van der Waals surface area (Å²) in [6.45, 7) is 1.88. The maximum absolute atomic E-state index is 14.8. The predicted octanol–water partition coefficient (Wildman–Crippen LogP) is 3.69. The van der Waals surface area contributed by atoms with E-state index in [0.29, 0.717) is 37.3 Å². The molecule has 3 amide bonds. The molecule has 2 fully saturated rings. The summed E-state index contributed by atoms with van der Waals surface area (Å²) in [6, 6.07) is 14.5. The Hall–Kier alpha value is -4.47. The third kappa shape index (κ3) is 5.74. The molecule has 10 heteroatoms. The van der Waals surface area contributed by atoms with Gasteiger partial charge < -0.3 is 25.5 Å². The molecule has 2 heterocycles. The first-order valence-electron chi connectivity index (χ1n) is 13.3.